The minimum Gasteiger partial charge on any atom is -0.383 e. The van der Waals surface area contributed by atoms with Gasteiger partial charge in [0.1, 0.15) is 0 Å². The second kappa shape index (κ2) is 9.27. The van der Waals surface area contributed by atoms with Crippen LogP contribution in [0.15, 0.2) is 0 Å². The van der Waals surface area contributed by atoms with Crippen LogP contribution in [0.4, 0.5) is 0 Å². The Bertz CT molecular complexity index is 233. The van der Waals surface area contributed by atoms with Crippen molar-refractivity contribution in [3.05, 3.63) is 0 Å². The highest BCUT2D eigenvalue weighted by Gasteiger charge is 2.16. The lowest BCUT2D eigenvalue weighted by Gasteiger charge is -2.26. The minimum absolute atomic E-state index is 0.00625. The van der Waals surface area contributed by atoms with Crippen molar-refractivity contribution in [1.29, 1.82) is 0 Å². The number of nitrogens with one attached hydrogen (secondary N) is 3. The number of ether oxygens (including phenoxy) is 2. The third kappa shape index (κ3) is 6.90. The fourth-order valence-corrected chi connectivity index (χ4v) is 1.90. The average Bonchev–Trinajstić information content (AvgIpc) is 2.38. The highest BCUT2D eigenvalue weighted by Crippen LogP contribution is 2.01. The molecule has 1 saturated heterocycles. The molecule has 1 aliphatic heterocycles. The van der Waals surface area contributed by atoms with Crippen molar-refractivity contribution in [3.8, 4) is 0 Å². The molecule has 2 atom stereocenters. The predicted molar refractivity (Wildman–Crippen MR) is 69.6 cm³/mol. The molecule has 0 aromatic carbocycles. The summed E-state index contributed by atoms with van der Waals surface area (Å²) in [5.74, 6) is 0.00625. The zero-order valence-electron chi connectivity index (χ0n) is 11.3. The largest absolute Gasteiger partial charge is 0.383 e. The molecule has 6 heteroatoms. The first-order chi connectivity index (χ1) is 8.72. The van der Waals surface area contributed by atoms with E-state index in [1.807, 2.05) is 0 Å². The topological polar surface area (TPSA) is 71.6 Å². The second-order valence-electron chi connectivity index (χ2n) is 4.59. The van der Waals surface area contributed by atoms with Crippen molar-refractivity contribution in [2.75, 3.05) is 46.6 Å². The Morgan fingerprint density at radius 2 is 2.44 bits per heavy atom. The zero-order valence-corrected chi connectivity index (χ0v) is 11.3. The summed E-state index contributed by atoms with van der Waals surface area (Å²) in [6.07, 6.45) is 0.964. The van der Waals surface area contributed by atoms with Gasteiger partial charge in [-0.05, 0) is 13.3 Å². The van der Waals surface area contributed by atoms with Crippen molar-refractivity contribution in [1.82, 2.24) is 16.0 Å². The van der Waals surface area contributed by atoms with E-state index in [1.54, 1.807) is 7.11 Å². The maximum absolute atomic E-state index is 11.4. The normalized spacial score (nSPS) is 21.6. The predicted octanol–water partition coefficient (Wildman–Crippen LogP) is -0.894. The number of hydrogen-bond acceptors (Lipinski definition) is 5. The minimum atomic E-state index is 0.00625. The Morgan fingerprint density at radius 1 is 1.61 bits per heavy atom. The van der Waals surface area contributed by atoms with Crippen LogP contribution in [0.25, 0.3) is 0 Å². The summed E-state index contributed by atoms with van der Waals surface area (Å²) in [5.41, 5.74) is 0. The van der Waals surface area contributed by atoms with Gasteiger partial charge >= 0.3 is 0 Å². The molecule has 1 aliphatic rings. The summed E-state index contributed by atoms with van der Waals surface area (Å²) >= 11 is 0. The van der Waals surface area contributed by atoms with Gasteiger partial charge in [-0.2, -0.15) is 0 Å². The van der Waals surface area contributed by atoms with Gasteiger partial charge in [0.15, 0.2) is 0 Å². The number of carbonyl (C=O) groups is 1. The molecule has 0 radical (unpaired) electrons. The maximum atomic E-state index is 11.4. The first-order valence-corrected chi connectivity index (χ1v) is 6.52. The van der Waals surface area contributed by atoms with Gasteiger partial charge in [0.25, 0.3) is 0 Å². The molecule has 0 aromatic heterocycles. The molecule has 1 amide bonds. The molecule has 18 heavy (non-hydrogen) atoms. The molecule has 0 spiro atoms. The highest BCUT2D eigenvalue weighted by molar-refractivity contribution is 5.77. The van der Waals surface area contributed by atoms with Crippen LogP contribution in [-0.4, -0.2) is 64.6 Å². The van der Waals surface area contributed by atoms with E-state index in [0.29, 0.717) is 25.7 Å². The molecule has 1 heterocycles. The maximum Gasteiger partial charge on any atom is 0.234 e. The Morgan fingerprint density at radius 3 is 3.11 bits per heavy atom. The SMILES string of the molecule is COCCNC(=O)CNC(C)CC1COCCN1. The van der Waals surface area contributed by atoms with Crippen molar-refractivity contribution in [2.45, 2.75) is 25.4 Å². The van der Waals surface area contributed by atoms with Gasteiger partial charge in [0.05, 0.1) is 26.4 Å². The van der Waals surface area contributed by atoms with Gasteiger partial charge < -0.3 is 25.4 Å². The summed E-state index contributed by atoms with van der Waals surface area (Å²) in [5, 5.41) is 9.38. The van der Waals surface area contributed by atoms with Gasteiger partial charge in [0, 0.05) is 32.3 Å². The zero-order chi connectivity index (χ0) is 13.2. The van der Waals surface area contributed by atoms with E-state index in [9.17, 15) is 4.79 Å². The third-order valence-corrected chi connectivity index (χ3v) is 2.88. The lowest BCUT2D eigenvalue weighted by atomic mass is 10.1. The fraction of sp³-hybridized carbons (Fsp3) is 0.917. The van der Waals surface area contributed by atoms with E-state index in [0.717, 1.165) is 26.2 Å². The monoisotopic (exact) mass is 259 g/mol. The van der Waals surface area contributed by atoms with Crippen LogP contribution in [0.3, 0.4) is 0 Å². The van der Waals surface area contributed by atoms with Crippen LogP contribution in [0, 0.1) is 0 Å². The molecule has 6 nitrogen and oxygen atoms in total. The van der Waals surface area contributed by atoms with Crippen molar-refractivity contribution in [2.24, 2.45) is 0 Å². The summed E-state index contributed by atoms with van der Waals surface area (Å²) in [6, 6.07) is 0.676. The second-order valence-corrected chi connectivity index (χ2v) is 4.59. The number of carbonyl (C=O) groups excluding carboxylic acids is 1. The van der Waals surface area contributed by atoms with Gasteiger partial charge in [-0.15, -0.1) is 0 Å². The number of amides is 1. The molecule has 0 aromatic rings. The van der Waals surface area contributed by atoms with Crippen LogP contribution in [-0.2, 0) is 14.3 Å². The van der Waals surface area contributed by atoms with Gasteiger partial charge in [-0.1, -0.05) is 0 Å². The highest BCUT2D eigenvalue weighted by atomic mass is 16.5. The van der Waals surface area contributed by atoms with Crippen LogP contribution >= 0.6 is 0 Å². The first kappa shape index (κ1) is 15.4. The molecule has 1 fully saturated rings. The first-order valence-electron chi connectivity index (χ1n) is 6.52. The van der Waals surface area contributed by atoms with E-state index in [1.165, 1.54) is 0 Å². The van der Waals surface area contributed by atoms with E-state index in [-0.39, 0.29) is 11.9 Å². The van der Waals surface area contributed by atoms with E-state index in [2.05, 4.69) is 22.9 Å². The van der Waals surface area contributed by atoms with Crippen molar-refractivity contribution < 1.29 is 14.3 Å². The number of methoxy groups -OCH3 is 1. The van der Waals surface area contributed by atoms with Crippen molar-refractivity contribution >= 4 is 5.91 Å². The van der Waals surface area contributed by atoms with Gasteiger partial charge in [-0.3, -0.25) is 4.79 Å². The molecular formula is C12H25N3O3. The number of morpholine rings is 1. The molecule has 0 bridgehead atoms. The van der Waals surface area contributed by atoms with Gasteiger partial charge in [-0.25, -0.2) is 0 Å². The Hall–Kier alpha value is -0.690. The van der Waals surface area contributed by atoms with E-state index in [4.69, 9.17) is 9.47 Å². The lowest BCUT2D eigenvalue weighted by Crippen LogP contribution is -2.46. The molecule has 2 unspecified atom stereocenters. The molecular weight excluding hydrogens is 234 g/mol. The van der Waals surface area contributed by atoms with E-state index >= 15 is 0 Å². The van der Waals surface area contributed by atoms with Crippen molar-refractivity contribution in [3.63, 3.8) is 0 Å². The summed E-state index contributed by atoms with van der Waals surface area (Å²) in [4.78, 5) is 11.4. The summed E-state index contributed by atoms with van der Waals surface area (Å²) in [6.45, 7) is 5.99. The molecule has 0 saturated carbocycles. The standard InChI is InChI=1S/C12H25N3O3/c1-10(7-11-9-18-6-4-13-11)15-8-12(16)14-3-5-17-2/h10-11,13,15H,3-9H2,1-2H3,(H,14,16). The lowest BCUT2D eigenvalue weighted by molar-refractivity contribution is -0.120. The summed E-state index contributed by atoms with van der Waals surface area (Å²) in [7, 11) is 1.62. The van der Waals surface area contributed by atoms with Crippen LogP contribution in [0.5, 0.6) is 0 Å². The van der Waals surface area contributed by atoms with E-state index < -0.39 is 0 Å². The van der Waals surface area contributed by atoms with Crippen LogP contribution in [0.2, 0.25) is 0 Å². The Labute approximate surface area is 109 Å². The molecule has 1 rings (SSSR count). The third-order valence-electron chi connectivity index (χ3n) is 2.88. The smallest absolute Gasteiger partial charge is 0.234 e. The van der Waals surface area contributed by atoms with Crippen LogP contribution in [0.1, 0.15) is 13.3 Å². The van der Waals surface area contributed by atoms with Crippen LogP contribution < -0.4 is 16.0 Å². The Kier molecular flexibility index (Phi) is 7.91. The number of hydrogen-bond donors (Lipinski definition) is 3. The number of rotatable bonds is 8. The Balaban J connectivity index is 2.04. The summed E-state index contributed by atoms with van der Waals surface area (Å²) < 4.78 is 10.3. The fourth-order valence-electron chi connectivity index (χ4n) is 1.90. The average molecular weight is 259 g/mol. The molecule has 106 valence electrons. The van der Waals surface area contributed by atoms with Gasteiger partial charge in [0.2, 0.25) is 5.91 Å². The quantitative estimate of drug-likeness (QED) is 0.493. The molecule has 3 N–H and O–H groups in total. The molecule has 0 aliphatic carbocycles.